The number of anilines is 5. The van der Waals surface area contributed by atoms with Crippen molar-refractivity contribution in [2.24, 2.45) is 5.92 Å². The molecule has 1 amide bonds. The number of H-pyrrole nitrogens is 1. The molecule has 3 heterocycles. The summed E-state index contributed by atoms with van der Waals surface area (Å²) in [6.45, 7) is 5.71. The highest BCUT2D eigenvalue weighted by Gasteiger charge is 2.25. The number of benzene rings is 2. The predicted molar refractivity (Wildman–Crippen MR) is 156 cm³/mol. The zero-order chi connectivity index (χ0) is 27.7. The summed E-state index contributed by atoms with van der Waals surface area (Å²) in [5.74, 6) is 1.31. The lowest BCUT2D eigenvalue weighted by atomic mass is 9.98. The van der Waals surface area contributed by atoms with Crippen molar-refractivity contribution in [3.8, 4) is 0 Å². The molecular formula is C27H30ClN7O3S. The van der Waals surface area contributed by atoms with E-state index in [1.54, 1.807) is 24.3 Å². The van der Waals surface area contributed by atoms with Gasteiger partial charge in [0, 0.05) is 35.4 Å². The van der Waals surface area contributed by atoms with Gasteiger partial charge >= 0.3 is 0 Å². The van der Waals surface area contributed by atoms with Crippen molar-refractivity contribution >= 4 is 67.3 Å². The fraction of sp³-hybridized carbons (Fsp3) is 0.296. The fourth-order valence-electron chi connectivity index (χ4n) is 4.71. The van der Waals surface area contributed by atoms with Crippen molar-refractivity contribution < 1.29 is 13.2 Å². The smallest absolute Gasteiger partial charge is 0.256 e. The molecule has 2 aromatic carbocycles. The van der Waals surface area contributed by atoms with Gasteiger partial charge in [-0.25, -0.2) is 13.4 Å². The summed E-state index contributed by atoms with van der Waals surface area (Å²) in [7, 11) is -3.48. The highest BCUT2D eigenvalue weighted by molar-refractivity contribution is 7.92. The van der Waals surface area contributed by atoms with Crippen molar-refractivity contribution in [3.05, 3.63) is 64.9 Å². The summed E-state index contributed by atoms with van der Waals surface area (Å²) in [6.07, 6.45) is 4.59. The number of rotatable bonds is 7. The minimum Gasteiger partial charge on any atom is -0.358 e. The first kappa shape index (κ1) is 26.8. The van der Waals surface area contributed by atoms with Gasteiger partial charge in [0.1, 0.15) is 5.02 Å². The van der Waals surface area contributed by atoms with E-state index in [1.165, 1.54) is 6.20 Å². The molecule has 0 aliphatic carbocycles. The van der Waals surface area contributed by atoms with Gasteiger partial charge in [-0.05, 0) is 56.0 Å². The van der Waals surface area contributed by atoms with Gasteiger partial charge in [0.15, 0.2) is 5.82 Å². The molecule has 0 saturated carbocycles. The number of nitrogens with one attached hydrogen (secondary N) is 4. The number of halogens is 1. The zero-order valence-corrected chi connectivity index (χ0v) is 23.4. The molecule has 0 unspecified atom stereocenters. The number of nitrogens with zero attached hydrogens (tertiary/aromatic N) is 3. The van der Waals surface area contributed by atoms with E-state index >= 15 is 0 Å². The summed E-state index contributed by atoms with van der Waals surface area (Å²) >= 11 is 6.34. The molecule has 1 aliphatic rings. The van der Waals surface area contributed by atoms with Gasteiger partial charge in [-0.15, -0.1) is 0 Å². The molecule has 1 saturated heterocycles. The number of para-hydroxylation sites is 2. The van der Waals surface area contributed by atoms with Crippen molar-refractivity contribution in [3.63, 3.8) is 0 Å². The molecule has 204 valence electrons. The molecule has 0 atom stereocenters. The molecular weight excluding hydrogens is 538 g/mol. The Balaban J connectivity index is 1.37. The monoisotopic (exact) mass is 567 g/mol. The van der Waals surface area contributed by atoms with E-state index in [2.05, 4.69) is 37.2 Å². The Morgan fingerprint density at radius 3 is 2.54 bits per heavy atom. The van der Waals surface area contributed by atoms with Crippen LogP contribution in [0.3, 0.4) is 0 Å². The summed E-state index contributed by atoms with van der Waals surface area (Å²) in [6, 6.07) is 12.5. The number of aryl methyl sites for hydroxylation is 1. The molecule has 0 bridgehead atoms. The summed E-state index contributed by atoms with van der Waals surface area (Å²) < 4.78 is 26.0. The van der Waals surface area contributed by atoms with E-state index < -0.39 is 10.0 Å². The quantitative estimate of drug-likeness (QED) is 0.227. The molecule has 2 aromatic heterocycles. The average Bonchev–Trinajstić information content (AvgIpc) is 3.21. The molecule has 1 fully saturated rings. The van der Waals surface area contributed by atoms with Gasteiger partial charge in [-0.3, -0.25) is 9.52 Å². The van der Waals surface area contributed by atoms with Crippen LogP contribution < -0.4 is 15.4 Å². The fourth-order valence-corrected chi connectivity index (χ4v) is 5.42. The van der Waals surface area contributed by atoms with Gasteiger partial charge in [0.2, 0.25) is 16.0 Å². The maximum Gasteiger partial charge on any atom is 0.256 e. The number of carbonyl (C=O) groups is 1. The number of aromatic nitrogens is 3. The normalized spacial score (nSPS) is 14.4. The first-order chi connectivity index (χ1) is 18.6. The van der Waals surface area contributed by atoms with E-state index in [1.807, 2.05) is 30.0 Å². The van der Waals surface area contributed by atoms with Gasteiger partial charge in [0.25, 0.3) is 5.91 Å². The standard InChI is InChI=1S/C27H30ClN7O3S/c1-16-10-12-35(13-11-16)26(36)24-17(2)30-23-14-18(8-9-19(23)24)31-27-29-15-20(28)25(33-27)32-21-6-4-5-7-22(21)34-39(3,37)38/h4-9,14-16,30,34H,10-13H2,1-3H3,(H2,29,31,32,33). The molecule has 1 aliphatic heterocycles. The minimum atomic E-state index is -3.48. The third-order valence-corrected chi connectivity index (χ3v) is 7.61. The number of sulfonamides is 1. The van der Waals surface area contributed by atoms with Crippen LogP contribution in [0.2, 0.25) is 5.02 Å². The Morgan fingerprint density at radius 1 is 1.10 bits per heavy atom. The molecule has 0 radical (unpaired) electrons. The Labute approximate surface area is 232 Å². The van der Waals surface area contributed by atoms with Crippen molar-refractivity contribution in [1.82, 2.24) is 19.9 Å². The van der Waals surface area contributed by atoms with Crippen LogP contribution in [0.1, 0.15) is 35.8 Å². The second kappa shape index (κ2) is 10.7. The topological polar surface area (TPSA) is 132 Å². The molecule has 10 nitrogen and oxygen atoms in total. The van der Waals surface area contributed by atoms with Crippen LogP contribution in [0.15, 0.2) is 48.7 Å². The first-order valence-corrected chi connectivity index (χ1v) is 14.9. The van der Waals surface area contributed by atoms with Crippen LogP contribution in [0.5, 0.6) is 0 Å². The first-order valence-electron chi connectivity index (χ1n) is 12.6. The second-order valence-corrected chi connectivity index (χ2v) is 12.1. The Bertz CT molecular complexity index is 1650. The van der Waals surface area contributed by atoms with E-state index in [4.69, 9.17) is 11.6 Å². The number of hydrogen-bond acceptors (Lipinski definition) is 7. The molecule has 4 N–H and O–H groups in total. The highest BCUT2D eigenvalue weighted by atomic mass is 35.5. The van der Waals surface area contributed by atoms with Gasteiger partial charge < -0.3 is 20.5 Å². The Kier molecular flexibility index (Phi) is 7.37. The van der Waals surface area contributed by atoms with Crippen LogP contribution in [-0.2, 0) is 10.0 Å². The van der Waals surface area contributed by atoms with E-state index in [-0.39, 0.29) is 16.9 Å². The van der Waals surface area contributed by atoms with Crippen LogP contribution in [-0.4, -0.2) is 53.5 Å². The van der Waals surface area contributed by atoms with Crippen molar-refractivity contribution in [2.75, 3.05) is 34.7 Å². The summed E-state index contributed by atoms with van der Waals surface area (Å²) in [5, 5.41) is 7.39. The summed E-state index contributed by atoms with van der Waals surface area (Å²) in [5.41, 5.74) is 3.95. The lowest BCUT2D eigenvalue weighted by Gasteiger charge is -2.30. The van der Waals surface area contributed by atoms with Gasteiger partial charge in [-0.2, -0.15) is 4.98 Å². The highest BCUT2D eigenvalue weighted by Crippen LogP contribution is 2.31. The third kappa shape index (κ3) is 6.10. The number of piperidine rings is 1. The maximum absolute atomic E-state index is 13.3. The SMILES string of the molecule is Cc1[nH]c2cc(Nc3ncc(Cl)c(Nc4ccccc4NS(C)(=O)=O)n3)ccc2c1C(=O)N1CCC(C)CC1. The minimum absolute atomic E-state index is 0.0637. The van der Waals surface area contributed by atoms with Crippen molar-refractivity contribution in [2.45, 2.75) is 26.7 Å². The Morgan fingerprint density at radius 2 is 1.82 bits per heavy atom. The number of amides is 1. The van der Waals surface area contributed by atoms with E-state index in [0.29, 0.717) is 28.7 Å². The molecule has 12 heteroatoms. The molecule has 39 heavy (non-hydrogen) atoms. The summed E-state index contributed by atoms with van der Waals surface area (Å²) in [4.78, 5) is 27.4. The molecule has 4 aromatic rings. The van der Waals surface area contributed by atoms with Crippen molar-refractivity contribution in [1.29, 1.82) is 0 Å². The van der Waals surface area contributed by atoms with E-state index in [9.17, 15) is 13.2 Å². The van der Waals surface area contributed by atoms with Crippen LogP contribution in [0.25, 0.3) is 10.9 Å². The molecule has 0 spiro atoms. The second-order valence-electron chi connectivity index (χ2n) is 9.92. The maximum atomic E-state index is 13.3. The number of carbonyl (C=O) groups excluding carboxylic acids is 1. The number of fused-ring (bicyclic) bond motifs is 1. The van der Waals surface area contributed by atoms with Crippen LogP contribution >= 0.6 is 11.6 Å². The van der Waals surface area contributed by atoms with Gasteiger partial charge in [-0.1, -0.05) is 30.7 Å². The predicted octanol–water partition coefficient (Wildman–Crippen LogP) is 5.65. The average molecular weight is 568 g/mol. The van der Waals surface area contributed by atoms with E-state index in [0.717, 1.165) is 54.5 Å². The lowest BCUT2D eigenvalue weighted by molar-refractivity contribution is 0.0698. The zero-order valence-electron chi connectivity index (χ0n) is 21.9. The van der Waals surface area contributed by atoms with Crippen LogP contribution in [0.4, 0.5) is 28.8 Å². The largest absolute Gasteiger partial charge is 0.358 e. The van der Waals surface area contributed by atoms with Gasteiger partial charge in [0.05, 0.1) is 29.4 Å². The Hall–Kier alpha value is -3.83. The van der Waals surface area contributed by atoms with Crippen LogP contribution in [0, 0.1) is 12.8 Å². The number of hydrogen-bond donors (Lipinski definition) is 4. The third-order valence-electron chi connectivity index (χ3n) is 6.75. The lowest BCUT2D eigenvalue weighted by Crippen LogP contribution is -2.38. The number of likely N-dealkylation sites (tertiary alicyclic amines) is 1. The molecule has 5 rings (SSSR count). The number of aromatic amines is 1.